The molecule has 1 fully saturated rings. The van der Waals surface area contributed by atoms with E-state index in [4.69, 9.17) is 5.73 Å². The van der Waals surface area contributed by atoms with Gasteiger partial charge in [-0.3, -0.25) is 0 Å². The van der Waals surface area contributed by atoms with Gasteiger partial charge in [-0.1, -0.05) is 18.2 Å². The van der Waals surface area contributed by atoms with Gasteiger partial charge < -0.3 is 19.9 Å². The summed E-state index contributed by atoms with van der Waals surface area (Å²) in [5.74, 6) is -1.84. The summed E-state index contributed by atoms with van der Waals surface area (Å²) in [7, 11) is 0. The molecule has 0 aliphatic carbocycles. The number of aromatic nitrogens is 2. The number of fused-ring (bicyclic) bond motifs is 1. The van der Waals surface area contributed by atoms with Gasteiger partial charge in [0.05, 0.1) is 23.6 Å². The van der Waals surface area contributed by atoms with Gasteiger partial charge in [-0.2, -0.15) is 8.78 Å². The molecule has 1 aliphatic rings. The Balaban J connectivity index is 1.80. The van der Waals surface area contributed by atoms with Crippen molar-refractivity contribution in [2.45, 2.75) is 31.8 Å². The maximum atomic E-state index is 14.0. The Morgan fingerprint density at radius 1 is 1.17 bits per heavy atom. The van der Waals surface area contributed by atoms with E-state index < -0.39 is 30.5 Å². The lowest BCUT2D eigenvalue weighted by molar-refractivity contribution is -0.0504. The summed E-state index contributed by atoms with van der Waals surface area (Å²) in [4.78, 5) is 6.13. The van der Waals surface area contributed by atoms with Crippen LogP contribution in [0, 0.1) is 11.6 Å². The second-order valence-electron chi connectivity index (χ2n) is 7.15. The maximum absolute atomic E-state index is 14.0. The number of ether oxygens (including phenoxy) is 1. The Bertz CT molecular complexity index is 1060. The summed E-state index contributed by atoms with van der Waals surface area (Å²) in [5.41, 5.74) is 6.71. The molecule has 3 aromatic rings. The number of imidazole rings is 1. The van der Waals surface area contributed by atoms with E-state index in [0.29, 0.717) is 18.1 Å². The van der Waals surface area contributed by atoms with Crippen LogP contribution < -0.4 is 15.4 Å². The third-order valence-electron chi connectivity index (χ3n) is 5.14. The number of hydrogen-bond acceptors (Lipinski definition) is 4. The fraction of sp³-hybridized carbons (Fsp3) is 0.350. The van der Waals surface area contributed by atoms with E-state index in [1.54, 1.807) is 27.7 Å². The van der Waals surface area contributed by atoms with Crippen LogP contribution in [0.2, 0.25) is 0 Å². The molecule has 30 heavy (non-hydrogen) atoms. The Morgan fingerprint density at radius 2 is 1.90 bits per heavy atom. The zero-order chi connectivity index (χ0) is 21.4. The summed E-state index contributed by atoms with van der Waals surface area (Å²) in [6.07, 6.45) is -0.979. The van der Waals surface area contributed by atoms with Crippen LogP contribution in [0.3, 0.4) is 0 Å². The molecule has 0 spiro atoms. The van der Waals surface area contributed by atoms with E-state index >= 15 is 0 Å². The number of hydrogen-bond donors (Lipinski definition) is 1. The largest absolute Gasteiger partial charge is 0.434 e. The number of benzene rings is 2. The number of nitrogens with zero attached hydrogens (tertiary/aromatic N) is 3. The second-order valence-corrected chi connectivity index (χ2v) is 7.15. The van der Waals surface area contributed by atoms with Gasteiger partial charge in [0.25, 0.3) is 0 Å². The predicted molar refractivity (Wildman–Crippen MR) is 102 cm³/mol. The van der Waals surface area contributed by atoms with Crippen molar-refractivity contribution in [3.63, 3.8) is 0 Å². The highest BCUT2D eigenvalue weighted by Gasteiger charge is 2.29. The molecule has 0 radical (unpaired) electrons. The summed E-state index contributed by atoms with van der Waals surface area (Å²) >= 11 is 0. The number of piperidine rings is 1. The smallest absolute Gasteiger partial charge is 0.387 e. The topological polar surface area (TPSA) is 56.3 Å². The zero-order valence-electron chi connectivity index (χ0n) is 15.7. The molecule has 0 saturated carbocycles. The van der Waals surface area contributed by atoms with Crippen LogP contribution in [0.5, 0.6) is 5.75 Å². The first-order valence-electron chi connectivity index (χ1n) is 9.36. The number of para-hydroxylation sites is 1. The number of rotatable bonds is 5. The fourth-order valence-corrected chi connectivity index (χ4v) is 3.66. The highest BCUT2D eigenvalue weighted by Crippen LogP contribution is 2.30. The Morgan fingerprint density at radius 3 is 2.63 bits per heavy atom. The summed E-state index contributed by atoms with van der Waals surface area (Å²) < 4.78 is 73.3. The molecule has 2 unspecified atom stereocenters. The van der Waals surface area contributed by atoms with Gasteiger partial charge in [-0.05, 0) is 12.5 Å². The van der Waals surface area contributed by atoms with Crippen LogP contribution in [-0.4, -0.2) is 41.5 Å². The molecular weight excluding hydrogens is 407 g/mol. The van der Waals surface area contributed by atoms with Crippen LogP contribution in [-0.2, 0) is 6.54 Å². The minimum atomic E-state index is -3.02. The Kier molecular flexibility index (Phi) is 5.50. The van der Waals surface area contributed by atoms with Crippen molar-refractivity contribution in [1.29, 1.82) is 0 Å². The standard InChI is InChI=1S/C20H19F5N4O/c21-12-5-6-28(10-15(12)26)20-27-16-7-13(22)14(23)8-17(16)29(20)9-11-3-1-2-4-18(11)30-19(24)25/h1-4,7-8,12,15,19H,5-6,9-10,26H2. The van der Waals surface area contributed by atoms with Crippen molar-refractivity contribution >= 4 is 17.0 Å². The third kappa shape index (κ3) is 3.91. The molecule has 2 atom stereocenters. The van der Waals surface area contributed by atoms with Gasteiger partial charge in [-0.25, -0.2) is 18.2 Å². The molecule has 0 amide bonds. The van der Waals surface area contributed by atoms with Gasteiger partial charge >= 0.3 is 6.61 Å². The van der Waals surface area contributed by atoms with Crippen LogP contribution in [0.4, 0.5) is 27.9 Å². The Labute approximate surface area is 168 Å². The van der Waals surface area contributed by atoms with Gasteiger partial charge in [0.1, 0.15) is 11.9 Å². The first-order valence-corrected chi connectivity index (χ1v) is 9.36. The molecule has 1 aliphatic heterocycles. The lowest BCUT2D eigenvalue weighted by Gasteiger charge is -2.34. The zero-order valence-corrected chi connectivity index (χ0v) is 15.7. The molecule has 2 aromatic carbocycles. The van der Waals surface area contributed by atoms with E-state index in [-0.39, 0.29) is 36.3 Å². The highest BCUT2D eigenvalue weighted by molar-refractivity contribution is 5.79. The lowest BCUT2D eigenvalue weighted by atomic mass is 10.1. The van der Waals surface area contributed by atoms with Gasteiger partial charge in [-0.15, -0.1) is 0 Å². The van der Waals surface area contributed by atoms with Crippen LogP contribution in [0.25, 0.3) is 11.0 Å². The monoisotopic (exact) mass is 426 g/mol. The molecule has 10 heteroatoms. The molecule has 1 saturated heterocycles. The first-order chi connectivity index (χ1) is 14.3. The van der Waals surface area contributed by atoms with E-state index in [0.717, 1.165) is 12.1 Å². The van der Waals surface area contributed by atoms with Crippen molar-refractivity contribution in [3.8, 4) is 5.75 Å². The quantitative estimate of drug-likeness (QED) is 0.630. The van der Waals surface area contributed by atoms with E-state index in [2.05, 4.69) is 9.72 Å². The molecular formula is C20H19F5N4O. The number of nitrogens with two attached hydrogens (primary N) is 1. The predicted octanol–water partition coefficient (Wildman–Crippen LogP) is 3.84. The molecule has 4 rings (SSSR count). The van der Waals surface area contributed by atoms with Crippen molar-refractivity contribution < 1.29 is 26.7 Å². The van der Waals surface area contributed by atoms with Crippen LogP contribution >= 0.6 is 0 Å². The molecule has 1 aromatic heterocycles. The van der Waals surface area contributed by atoms with Gasteiger partial charge in [0, 0.05) is 30.8 Å². The number of anilines is 1. The first kappa shape index (κ1) is 20.4. The third-order valence-corrected chi connectivity index (χ3v) is 5.14. The van der Waals surface area contributed by atoms with Gasteiger partial charge in [0.15, 0.2) is 11.6 Å². The molecule has 160 valence electrons. The average Bonchev–Trinajstić information content (AvgIpc) is 3.03. The number of alkyl halides is 3. The Hall–Kier alpha value is -2.88. The molecule has 0 bridgehead atoms. The van der Waals surface area contributed by atoms with E-state index in [1.165, 1.54) is 6.07 Å². The lowest BCUT2D eigenvalue weighted by Crippen LogP contribution is -2.50. The fourth-order valence-electron chi connectivity index (χ4n) is 3.66. The average molecular weight is 426 g/mol. The minimum Gasteiger partial charge on any atom is -0.434 e. The summed E-state index contributed by atoms with van der Waals surface area (Å²) in [5, 5.41) is 0. The van der Waals surface area contributed by atoms with Crippen molar-refractivity contribution in [2.24, 2.45) is 5.73 Å². The highest BCUT2D eigenvalue weighted by atomic mass is 19.3. The summed E-state index contributed by atoms with van der Waals surface area (Å²) in [6.45, 7) is -2.55. The second kappa shape index (κ2) is 8.10. The SMILES string of the molecule is NC1CN(c2nc3cc(F)c(F)cc3n2Cc2ccccc2OC(F)F)CCC1F. The van der Waals surface area contributed by atoms with Crippen molar-refractivity contribution in [2.75, 3.05) is 18.0 Å². The molecule has 2 heterocycles. The van der Waals surface area contributed by atoms with Crippen molar-refractivity contribution in [1.82, 2.24) is 9.55 Å². The van der Waals surface area contributed by atoms with E-state index in [9.17, 15) is 22.0 Å². The molecule has 5 nitrogen and oxygen atoms in total. The van der Waals surface area contributed by atoms with Crippen molar-refractivity contribution in [3.05, 3.63) is 53.6 Å². The van der Waals surface area contributed by atoms with Crippen LogP contribution in [0.1, 0.15) is 12.0 Å². The molecule has 2 N–H and O–H groups in total. The van der Waals surface area contributed by atoms with E-state index in [1.807, 2.05) is 0 Å². The maximum Gasteiger partial charge on any atom is 0.387 e. The normalized spacial score (nSPS) is 19.6. The summed E-state index contributed by atoms with van der Waals surface area (Å²) in [6, 6.07) is 7.41. The van der Waals surface area contributed by atoms with Crippen LogP contribution in [0.15, 0.2) is 36.4 Å². The van der Waals surface area contributed by atoms with Gasteiger partial charge in [0.2, 0.25) is 5.95 Å². The minimum absolute atomic E-state index is 0.00455. The number of halogens is 5.